The van der Waals surface area contributed by atoms with E-state index in [0.717, 1.165) is 18.8 Å². The third kappa shape index (κ3) is 15.0. The minimum Gasteiger partial charge on any atom is -0.461 e. The first-order valence-electron chi connectivity index (χ1n) is 11.2. The Morgan fingerprint density at radius 1 is 1.14 bits per heavy atom. The zero-order valence-electron chi connectivity index (χ0n) is 20.2. The molecule has 3 nitrogen and oxygen atoms in total. The van der Waals surface area contributed by atoms with Gasteiger partial charge in [0.1, 0.15) is 5.60 Å². The molecule has 1 aromatic carbocycles. The van der Waals surface area contributed by atoms with Gasteiger partial charge in [-0.15, -0.1) is 6.58 Å². The summed E-state index contributed by atoms with van der Waals surface area (Å²) < 4.78 is 10.8. The quantitative estimate of drug-likeness (QED) is 0.313. The fourth-order valence-electron chi connectivity index (χ4n) is 2.57. The zero-order chi connectivity index (χ0) is 22.7. The Kier molecular flexibility index (Phi) is 18.8. The normalized spacial score (nSPS) is 14.3. The van der Waals surface area contributed by atoms with Crippen molar-refractivity contribution < 1.29 is 14.3 Å². The van der Waals surface area contributed by atoms with Crippen molar-refractivity contribution in [1.29, 1.82) is 0 Å². The molecule has 0 spiro atoms. The highest BCUT2D eigenvalue weighted by Gasteiger charge is 2.30. The van der Waals surface area contributed by atoms with Gasteiger partial charge in [-0.05, 0) is 64.9 Å². The van der Waals surface area contributed by atoms with E-state index in [2.05, 4.69) is 57.7 Å². The van der Waals surface area contributed by atoms with Crippen LogP contribution in [0, 0.1) is 5.92 Å². The number of carbonyl (C=O) groups excluding carboxylic acids is 1. The second-order valence-electron chi connectivity index (χ2n) is 7.57. The number of allylic oxidation sites excluding steroid dienone is 1. The Morgan fingerprint density at radius 3 is 2.03 bits per heavy atom. The lowest BCUT2D eigenvalue weighted by Gasteiger charge is -2.32. The Bertz CT molecular complexity index is 492. The second-order valence-corrected chi connectivity index (χ2v) is 7.57. The maximum absolute atomic E-state index is 10.4. The first-order valence-corrected chi connectivity index (χ1v) is 11.2. The standard InChI is InChI=1S/C12H24O3.C9H10.C3H6.C2H6/c1-6-10(3)14-8-11(7-2)12(4,5)15-9-13;1-2-4-8(5-3-1)9-6-7-9;1-3-2;1-2/h9-11H,6-8H2,1-5H3;1-5,9H,6-7H2;3H,1H2,2H3;1-2H3. The van der Waals surface area contributed by atoms with Gasteiger partial charge in [-0.3, -0.25) is 4.79 Å². The van der Waals surface area contributed by atoms with Crippen molar-refractivity contribution in [2.24, 2.45) is 5.92 Å². The summed E-state index contributed by atoms with van der Waals surface area (Å²) in [5, 5.41) is 0. The number of hydrogen-bond acceptors (Lipinski definition) is 3. The summed E-state index contributed by atoms with van der Waals surface area (Å²) in [5.74, 6) is 1.16. The van der Waals surface area contributed by atoms with E-state index < -0.39 is 5.60 Å². The highest BCUT2D eigenvalue weighted by molar-refractivity contribution is 5.38. The van der Waals surface area contributed by atoms with E-state index in [1.807, 2.05) is 34.6 Å². The van der Waals surface area contributed by atoms with Gasteiger partial charge in [-0.2, -0.15) is 0 Å². The van der Waals surface area contributed by atoms with Gasteiger partial charge in [0.05, 0.1) is 12.7 Å². The van der Waals surface area contributed by atoms with Gasteiger partial charge in [0.2, 0.25) is 0 Å². The van der Waals surface area contributed by atoms with Crippen molar-refractivity contribution in [1.82, 2.24) is 0 Å². The predicted molar refractivity (Wildman–Crippen MR) is 126 cm³/mol. The van der Waals surface area contributed by atoms with Crippen LogP contribution in [-0.2, 0) is 14.3 Å². The van der Waals surface area contributed by atoms with E-state index >= 15 is 0 Å². The molecule has 0 N–H and O–H groups in total. The van der Waals surface area contributed by atoms with E-state index in [4.69, 9.17) is 9.47 Å². The topological polar surface area (TPSA) is 35.5 Å². The van der Waals surface area contributed by atoms with Gasteiger partial charge in [0.25, 0.3) is 6.47 Å². The number of benzene rings is 1. The van der Waals surface area contributed by atoms with E-state index in [1.54, 1.807) is 6.08 Å². The number of rotatable bonds is 9. The number of hydrogen-bond donors (Lipinski definition) is 0. The van der Waals surface area contributed by atoms with Crippen LogP contribution < -0.4 is 0 Å². The van der Waals surface area contributed by atoms with Crippen LogP contribution in [-0.4, -0.2) is 24.8 Å². The molecule has 0 bridgehead atoms. The third-order valence-electron chi connectivity index (χ3n) is 4.83. The van der Waals surface area contributed by atoms with Gasteiger partial charge in [0, 0.05) is 5.92 Å². The molecule has 0 heterocycles. The first-order chi connectivity index (χ1) is 13.9. The molecule has 1 aliphatic rings. The largest absolute Gasteiger partial charge is 0.461 e. The van der Waals surface area contributed by atoms with Gasteiger partial charge in [-0.1, -0.05) is 64.1 Å². The minimum atomic E-state index is -0.441. The molecular formula is C26H46O3. The summed E-state index contributed by atoms with van der Waals surface area (Å²) >= 11 is 0. The summed E-state index contributed by atoms with van der Waals surface area (Å²) in [4.78, 5) is 10.4. The molecule has 1 aliphatic carbocycles. The Balaban J connectivity index is 0. The molecule has 29 heavy (non-hydrogen) atoms. The highest BCUT2D eigenvalue weighted by atomic mass is 16.5. The third-order valence-corrected chi connectivity index (χ3v) is 4.83. The SMILES string of the molecule is C=CC.CC.CCC(C)OCC(CC)C(C)(C)OC=O.c1ccc(C2CC2)cc1. The highest BCUT2D eigenvalue weighted by Crippen LogP contribution is 2.39. The molecule has 0 aromatic heterocycles. The molecule has 3 heteroatoms. The number of carbonyl (C=O) groups is 1. The van der Waals surface area contributed by atoms with Crippen LogP contribution in [0.4, 0.5) is 0 Å². The minimum absolute atomic E-state index is 0.247. The summed E-state index contributed by atoms with van der Waals surface area (Å²) in [7, 11) is 0. The average molecular weight is 407 g/mol. The molecule has 0 saturated heterocycles. The van der Waals surface area contributed by atoms with Crippen LogP contribution in [0.2, 0.25) is 0 Å². The molecular weight excluding hydrogens is 360 g/mol. The second kappa shape index (κ2) is 18.4. The van der Waals surface area contributed by atoms with Crippen LogP contribution in [0.1, 0.15) is 92.6 Å². The molecule has 1 fully saturated rings. The van der Waals surface area contributed by atoms with Crippen LogP contribution in [0.25, 0.3) is 0 Å². The van der Waals surface area contributed by atoms with Crippen molar-refractivity contribution in [2.75, 3.05) is 6.61 Å². The van der Waals surface area contributed by atoms with E-state index in [0.29, 0.717) is 13.1 Å². The average Bonchev–Trinajstić information content (AvgIpc) is 3.57. The lowest BCUT2D eigenvalue weighted by atomic mass is 9.89. The Morgan fingerprint density at radius 2 is 1.66 bits per heavy atom. The fourth-order valence-corrected chi connectivity index (χ4v) is 2.57. The fraction of sp³-hybridized carbons (Fsp3) is 0.654. The smallest absolute Gasteiger partial charge is 0.293 e. The van der Waals surface area contributed by atoms with Crippen molar-refractivity contribution in [3.8, 4) is 0 Å². The zero-order valence-corrected chi connectivity index (χ0v) is 20.2. The van der Waals surface area contributed by atoms with Gasteiger partial charge >= 0.3 is 0 Å². The van der Waals surface area contributed by atoms with Crippen LogP contribution in [0.15, 0.2) is 43.0 Å². The summed E-state index contributed by atoms with van der Waals surface area (Å²) in [6, 6.07) is 10.8. The molecule has 168 valence electrons. The van der Waals surface area contributed by atoms with Gasteiger partial charge in [0.15, 0.2) is 0 Å². The van der Waals surface area contributed by atoms with Gasteiger partial charge < -0.3 is 9.47 Å². The Hall–Kier alpha value is -1.61. The van der Waals surface area contributed by atoms with Crippen molar-refractivity contribution in [3.63, 3.8) is 0 Å². The first kappa shape index (κ1) is 29.6. The van der Waals surface area contributed by atoms with Crippen molar-refractivity contribution >= 4 is 6.47 Å². The molecule has 2 unspecified atom stereocenters. The maximum Gasteiger partial charge on any atom is 0.293 e. The molecule has 1 saturated carbocycles. The van der Waals surface area contributed by atoms with E-state index in [-0.39, 0.29) is 12.0 Å². The maximum atomic E-state index is 10.4. The Labute approximate surface area is 180 Å². The van der Waals surface area contributed by atoms with Crippen LogP contribution >= 0.6 is 0 Å². The summed E-state index contributed by atoms with van der Waals surface area (Å²) in [6.45, 7) is 20.5. The molecule has 0 aliphatic heterocycles. The molecule has 1 aromatic rings. The van der Waals surface area contributed by atoms with Gasteiger partial charge in [-0.25, -0.2) is 0 Å². The lowest BCUT2D eigenvalue weighted by molar-refractivity contribution is -0.149. The number of ether oxygens (including phenoxy) is 2. The summed E-state index contributed by atoms with van der Waals surface area (Å²) in [6.07, 6.45) is 6.78. The summed E-state index contributed by atoms with van der Waals surface area (Å²) in [5.41, 5.74) is 1.08. The lowest BCUT2D eigenvalue weighted by Crippen LogP contribution is -2.37. The van der Waals surface area contributed by atoms with E-state index in [9.17, 15) is 4.79 Å². The van der Waals surface area contributed by atoms with Crippen molar-refractivity contribution in [3.05, 3.63) is 48.6 Å². The molecule has 2 atom stereocenters. The molecule has 2 rings (SSSR count). The molecule has 0 amide bonds. The monoisotopic (exact) mass is 406 g/mol. The van der Waals surface area contributed by atoms with Crippen molar-refractivity contribution in [2.45, 2.75) is 98.7 Å². The van der Waals surface area contributed by atoms with Crippen LogP contribution in [0.3, 0.4) is 0 Å². The predicted octanol–water partition coefficient (Wildman–Crippen LogP) is 7.56. The molecule has 0 radical (unpaired) electrons. The van der Waals surface area contributed by atoms with Crippen LogP contribution in [0.5, 0.6) is 0 Å². The van der Waals surface area contributed by atoms with E-state index in [1.165, 1.54) is 18.4 Å².